The molecule has 0 aliphatic heterocycles. The molecule has 0 unspecified atom stereocenters. The summed E-state index contributed by atoms with van der Waals surface area (Å²) in [6.45, 7) is 0. The van der Waals surface area contributed by atoms with Crippen LogP contribution < -0.4 is 15.5 Å². The van der Waals surface area contributed by atoms with Crippen LogP contribution >= 0.6 is 11.3 Å². The second kappa shape index (κ2) is 7.62. The molecule has 3 aromatic rings. The summed E-state index contributed by atoms with van der Waals surface area (Å²) in [5.41, 5.74) is 3.30. The van der Waals surface area contributed by atoms with Gasteiger partial charge in [0.2, 0.25) is 0 Å². The highest BCUT2D eigenvalue weighted by atomic mass is 32.1. The number of phenols is 1. The minimum Gasteiger partial charge on any atom is -0.504 e. The highest BCUT2D eigenvalue weighted by Gasteiger charge is 2.15. The Morgan fingerprint density at radius 2 is 2.00 bits per heavy atom. The molecule has 0 fully saturated rings. The first-order chi connectivity index (χ1) is 12.6. The minimum atomic E-state index is -0.945. The van der Waals surface area contributed by atoms with Crippen molar-refractivity contribution in [3.8, 4) is 11.5 Å². The van der Waals surface area contributed by atoms with E-state index in [0.29, 0.717) is 10.7 Å². The average Bonchev–Trinajstić information content (AvgIpc) is 3.04. The van der Waals surface area contributed by atoms with Gasteiger partial charge in [-0.3, -0.25) is 14.9 Å². The number of benzene rings is 2. The Bertz CT molecular complexity index is 966. The van der Waals surface area contributed by atoms with Crippen molar-refractivity contribution in [2.75, 3.05) is 12.4 Å². The first kappa shape index (κ1) is 17.4. The minimum absolute atomic E-state index is 0.0589. The number of para-hydroxylation sites is 2. The summed E-state index contributed by atoms with van der Waals surface area (Å²) in [6.07, 6.45) is 1.27. The van der Waals surface area contributed by atoms with Gasteiger partial charge >= 0.3 is 11.8 Å². The number of fused-ring (bicyclic) bond motifs is 1. The molecule has 9 heteroatoms. The monoisotopic (exact) mass is 370 g/mol. The van der Waals surface area contributed by atoms with E-state index in [1.54, 1.807) is 12.1 Å². The molecule has 1 aromatic heterocycles. The van der Waals surface area contributed by atoms with Gasteiger partial charge in [0.15, 0.2) is 16.6 Å². The van der Waals surface area contributed by atoms with Crippen LogP contribution in [0.2, 0.25) is 0 Å². The largest absolute Gasteiger partial charge is 0.504 e. The third-order valence-electron chi connectivity index (χ3n) is 3.32. The molecular formula is C17H14N4O4S. The molecule has 0 radical (unpaired) electrons. The molecule has 0 saturated carbocycles. The quantitative estimate of drug-likeness (QED) is 0.370. The number of anilines is 1. The summed E-state index contributed by atoms with van der Waals surface area (Å²) in [4.78, 5) is 28.0. The molecular weight excluding hydrogens is 356 g/mol. The van der Waals surface area contributed by atoms with Gasteiger partial charge in [-0.15, -0.1) is 0 Å². The number of aromatic hydroxyl groups is 1. The second-order valence-electron chi connectivity index (χ2n) is 5.04. The molecule has 3 rings (SSSR count). The molecule has 2 aromatic carbocycles. The lowest BCUT2D eigenvalue weighted by Crippen LogP contribution is -2.32. The van der Waals surface area contributed by atoms with E-state index >= 15 is 0 Å². The van der Waals surface area contributed by atoms with Crippen LogP contribution in [-0.2, 0) is 9.59 Å². The molecule has 0 aliphatic carbocycles. The number of thiazole rings is 1. The zero-order valence-electron chi connectivity index (χ0n) is 13.6. The molecule has 132 valence electrons. The van der Waals surface area contributed by atoms with Crippen molar-refractivity contribution in [1.29, 1.82) is 0 Å². The Labute approximate surface area is 152 Å². The third-order valence-corrected chi connectivity index (χ3v) is 4.27. The highest BCUT2D eigenvalue weighted by Crippen LogP contribution is 2.28. The van der Waals surface area contributed by atoms with Gasteiger partial charge in [-0.2, -0.15) is 5.10 Å². The molecule has 0 saturated heterocycles. The van der Waals surface area contributed by atoms with Crippen LogP contribution in [0.5, 0.6) is 11.5 Å². The number of hydrogen-bond acceptors (Lipinski definition) is 7. The molecule has 8 nitrogen and oxygen atoms in total. The highest BCUT2D eigenvalue weighted by molar-refractivity contribution is 7.22. The number of hydrazone groups is 1. The van der Waals surface area contributed by atoms with Crippen LogP contribution in [0.4, 0.5) is 5.13 Å². The molecule has 3 N–H and O–H groups in total. The summed E-state index contributed by atoms with van der Waals surface area (Å²) in [5.74, 6) is -1.68. The van der Waals surface area contributed by atoms with Crippen molar-refractivity contribution in [3.05, 3.63) is 48.0 Å². The SMILES string of the molecule is COc1c(O)cccc1C=NNC(=O)C(=O)Nc1nc2ccccc2s1. The van der Waals surface area contributed by atoms with Crippen molar-refractivity contribution >= 4 is 44.7 Å². The lowest BCUT2D eigenvalue weighted by Gasteiger charge is -2.06. The van der Waals surface area contributed by atoms with Crippen LogP contribution in [0.15, 0.2) is 47.6 Å². The zero-order chi connectivity index (χ0) is 18.5. The van der Waals surface area contributed by atoms with Crippen molar-refractivity contribution in [1.82, 2.24) is 10.4 Å². The Hall–Kier alpha value is -3.46. The molecule has 0 bridgehead atoms. The number of nitrogens with one attached hydrogen (secondary N) is 2. The fraction of sp³-hybridized carbons (Fsp3) is 0.0588. The van der Waals surface area contributed by atoms with Gasteiger partial charge in [0, 0.05) is 5.56 Å². The molecule has 0 aliphatic rings. The molecule has 1 heterocycles. The fourth-order valence-corrected chi connectivity index (χ4v) is 3.02. The normalized spacial score (nSPS) is 10.8. The van der Waals surface area contributed by atoms with Gasteiger partial charge in [0.1, 0.15) is 0 Å². The van der Waals surface area contributed by atoms with E-state index in [4.69, 9.17) is 4.74 Å². The number of methoxy groups -OCH3 is 1. The van der Waals surface area contributed by atoms with E-state index in [2.05, 4.69) is 20.8 Å². The lowest BCUT2D eigenvalue weighted by atomic mass is 10.2. The Morgan fingerprint density at radius 1 is 1.19 bits per heavy atom. The first-order valence-electron chi connectivity index (χ1n) is 7.44. The smallest absolute Gasteiger partial charge is 0.329 e. The Kier molecular flexibility index (Phi) is 5.09. The maximum absolute atomic E-state index is 11.9. The number of hydrogen-bond donors (Lipinski definition) is 3. The van der Waals surface area contributed by atoms with Gasteiger partial charge in [-0.25, -0.2) is 10.4 Å². The van der Waals surface area contributed by atoms with E-state index in [9.17, 15) is 14.7 Å². The van der Waals surface area contributed by atoms with Crippen LogP contribution in [0.25, 0.3) is 10.2 Å². The topological polar surface area (TPSA) is 113 Å². The average molecular weight is 370 g/mol. The maximum Gasteiger partial charge on any atom is 0.329 e. The Balaban J connectivity index is 1.62. The first-order valence-corrected chi connectivity index (χ1v) is 8.26. The number of aromatic nitrogens is 1. The number of rotatable bonds is 4. The predicted octanol–water partition coefficient (Wildman–Crippen LogP) is 2.10. The zero-order valence-corrected chi connectivity index (χ0v) is 14.4. The standard InChI is InChI=1S/C17H14N4O4S/c1-25-14-10(5-4-7-12(14)22)9-18-21-16(24)15(23)20-17-19-11-6-2-3-8-13(11)26-17/h2-9,22H,1H3,(H,21,24)(H,19,20,23). The van der Waals surface area contributed by atoms with Crippen molar-refractivity contribution in [2.45, 2.75) is 0 Å². The maximum atomic E-state index is 11.9. The number of amides is 2. The van der Waals surface area contributed by atoms with Gasteiger partial charge in [-0.1, -0.05) is 29.5 Å². The molecule has 2 amide bonds. The Morgan fingerprint density at radius 3 is 2.77 bits per heavy atom. The third kappa shape index (κ3) is 3.78. The van der Waals surface area contributed by atoms with Crippen molar-refractivity contribution < 1.29 is 19.4 Å². The van der Waals surface area contributed by atoms with E-state index in [1.165, 1.54) is 30.7 Å². The van der Waals surface area contributed by atoms with Gasteiger partial charge in [0.25, 0.3) is 0 Å². The summed E-state index contributed by atoms with van der Waals surface area (Å²) >= 11 is 1.26. The van der Waals surface area contributed by atoms with Gasteiger partial charge in [0.05, 0.1) is 23.5 Å². The van der Waals surface area contributed by atoms with E-state index < -0.39 is 11.8 Å². The van der Waals surface area contributed by atoms with Crippen LogP contribution in [0.3, 0.4) is 0 Å². The fourth-order valence-electron chi connectivity index (χ4n) is 2.16. The number of carbonyl (C=O) groups is 2. The summed E-state index contributed by atoms with van der Waals surface area (Å²) < 4.78 is 5.95. The summed E-state index contributed by atoms with van der Waals surface area (Å²) in [6, 6.07) is 12.1. The van der Waals surface area contributed by atoms with Crippen molar-refractivity contribution in [3.63, 3.8) is 0 Å². The second-order valence-corrected chi connectivity index (χ2v) is 6.07. The van der Waals surface area contributed by atoms with Crippen LogP contribution in [0.1, 0.15) is 5.56 Å². The predicted molar refractivity (Wildman–Crippen MR) is 98.6 cm³/mol. The number of phenolic OH excluding ortho intramolecular Hbond substituents is 1. The number of nitrogens with zero attached hydrogens (tertiary/aromatic N) is 2. The van der Waals surface area contributed by atoms with Gasteiger partial charge < -0.3 is 9.84 Å². The number of ether oxygens (including phenoxy) is 1. The van der Waals surface area contributed by atoms with E-state index in [1.807, 2.05) is 24.3 Å². The summed E-state index contributed by atoms with van der Waals surface area (Å²) in [5, 5.41) is 16.1. The number of carbonyl (C=O) groups excluding carboxylic acids is 2. The van der Waals surface area contributed by atoms with Crippen molar-refractivity contribution in [2.24, 2.45) is 5.10 Å². The van der Waals surface area contributed by atoms with Crippen LogP contribution in [0, 0.1) is 0 Å². The van der Waals surface area contributed by atoms with Crippen LogP contribution in [-0.4, -0.2) is 35.2 Å². The van der Waals surface area contributed by atoms with E-state index in [-0.39, 0.29) is 11.5 Å². The van der Waals surface area contributed by atoms with Gasteiger partial charge in [-0.05, 0) is 24.3 Å². The molecule has 0 spiro atoms. The molecule has 0 atom stereocenters. The molecule has 26 heavy (non-hydrogen) atoms. The van der Waals surface area contributed by atoms with E-state index in [0.717, 1.165) is 10.2 Å². The lowest BCUT2D eigenvalue weighted by molar-refractivity contribution is -0.136. The summed E-state index contributed by atoms with van der Waals surface area (Å²) in [7, 11) is 1.40.